The van der Waals surface area contributed by atoms with Gasteiger partial charge < -0.3 is 9.16 Å². The van der Waals surface area contributed by atoms with Crippen molar-refractivity contribution in [1.29, 1.82) is 0 Å². The van der Waals surface area contributed by atoms with Gasteiger partial charge in [0.1, 0.15) is 0 Å². The standard InChI is InChI=1S/C33H52O3SSi/c1-6-7-8-9-10-13-20-29(26-28-37-27-19-18-25-32(34)35-5)36-38(33(2,3)4,30-21-14-11-15-22-30)31-23-16-12-17-24-31/h11-12,14-17,21-24,29H,6-10,13,18-20,25-28H2,1-5H3. The van der Waals surface area contributed by atoms with Crippen molar-refractivity contribution in [3.8, 4) is 0 Å². The molecule has 0 aliphatic heterocycles. The second-order valence-corrected chi connectivity index (χ2v) is 16.9. The lowest BCUT2D eigenvalue weighted by molar-refractivity contribution is -0.140. The van der Waals surface area contributed by atoms with E-state index >= 15 is 0 Å². The molecule has 0 bridgehead atoms. The molecule has 0 spiro atoms. The van der Waals surface area contributed by atoms with Crippen LogP contribution in [0.15, 0.2) is 60.7 Å². The van der Waals surface area contributed by atoms with E-state index in [1.165, 1.54) is 56.0 Å². The van der Waals surface area contributed by atoms with Crippen molar-refractivity contribution in [2.75, 3.05) is 18.6 Å². The number of hydrogen-bond acceptors (Lipinski definition) is 4. The summed E-state index contributed by atoms with van der Waals surface area (Å²) in [6, 6.07) is 22.1. The quantitative estimate of drug-likeness (QED) is 0.0993. The van der Waals surface area contributed by atoms with Gasteiger partial charge in [-0.3, -0.25) is 4.79 Å². The van der Waals surface area contributed by atoms with Crippen molar-refractivity contribution < 1.29 is 14.0 Å². The summed E-state index contributed by atoms with van der Waals surface area (Å²) in [5.74, 6) is 2.07. The summed E-state index contributed by atoms with van der Waals surface area (Å²) in [6.45, 7) is 9.39. The number of unbranched alkanes of at least 4 members (excludes halogenated alkanes) is 6. The lowest BCUT2D eigenvalue weighted by Gasteiger charge is -2.45. The molecule has 0 aromatic heterocycles. The molecule has 2 rings (SSSR count). The van der Waals surface area contributed by atoms with Crippen LogP contribution in [0.25, 0.3) is 0 Å². The largest absolute Gasteiger partial charge is 0.469 e. The van der Waals surface area contributed by atoms with E-state index in [2.05, 4.69) is 88.4 Å². The Morgan fingerprint density at radius 1 is 0.789 bits per heavy atom. The monoisotopic (exact) mass is 556 g/mol. The van der Waals surface area contributed by atoms with Gasteiger partial charge in [-0.15, -0.1) is 0 Å². The number of benzene rings is 2. The summed E-state index contributed by atoms with van der Waals surface area (Å²) in [7, 11) is -1.09. The fourth-order valence-electron chi connectivity index (χ4n) is 5.25. The molecule has 0 N–H and O–H groups in total. The Hall–Kier alpha value is -1.56. The van der Waals surface area contributed by atoms with Crippen LogP contribution in [-0.2, 0) is 14.0 Å². The van der Waals surface area contributed by atoms with Crippen molar-refractivity contribution in [1.82, 2.24) is 0 Å². The number of esters is 1. The summed E-state index contributed by atoms with van der Waals surface area (Å²) >= 11 is 2.00. The Morgan fingerprint density at radius 3 is 1.92 bits per heavy atom. The third-order valence-electron chi connectivity index (χ3n) is 7.37. The molecule has 38 heavy (non-hydrogen) atoms. The zero-order valence-electron chi connectivity index (χ0n) is 24.7. The highest BCUT2D eigenvalue weighted by Crippen LogP contribution is 2.38. The highest BCUT2D eigenvalue weighted by Gasteiger charge is 2.51. The van der Waals surface area contributed by atoms with Crippen molar-refractivity contribution >= 4 is 36.4 Å². The number of ether oxygens (including phenoxy) is 1. The topological polar surface area (TPSA) is 35.5 Å². The summed E-state index contributed by atoms with van der Waals surface area (Å²) in [6.07, 6.45) is 12.7. The maximum atomic E-state index is 11.4. The number of carbonyl (C=O) groups excluding carboxylic acids is 1. The van der Waals surface area contributed by atoms with Crippen LogP contribution in [0.3, 0.4) is 0 Å². The molecule has 3 nitrogen and oxygen atoms in total. The molecule has 0 amide bonds. The van der Waals surface area contributed by atoms with E-state index in [4.69, 9.17) is 9.16 Å². The maximum Gasteiger partial charge on any atom is 0.305 e. The van der Waals surface area contributed by atoms with Crippen LogP contribution in [0.5, 0.6) is 0 Å². The predicted octanol–water partition coefficient (Wildman–Crippen LogP) is 8.15. The molecule has 2 aromatic rings. The molecule has 1 atom stereocenters. The minimum atomic E-state index is -2.55. The molecular weight excluding hydrogens is 505 g/mol. The molecule has 0 saturated carbocycles. The number of thioether (sulfide) groups is 1. The molecule has 0 heterocycles. The van der Waals surface area contributed by atoms with Gasteiger partial charge >= 0.3 is 5.97 Å². The Kier molecular flexibility index (Phi) is 15.4. The van der Waals surface area contributed by atoms with Crippen LogP contribution in [-0.4, -0.2) is 39.0 Å². The van der Waals surface area contributed by atoms with Crippen LogP contribution in [0.4, 0.5) is 0 Å². The van der Waals surface area contributed by atoms with Gasteiger partial charge in [-0.2, -0.15) is 11.8 Å². The summed E-state index contributed by atoms with van der Waals surface area (Å²) < 4.78 is 12.3. The third kappa shape index (κ3) is 10.5. The summed E-state index contributed by atoms with van der Waals surface area (Å²) in [5.41, 5.74) is 0. The molecular formula is C33H52O3SSi. The molecule has 2 aromatic carbocycles. The average Bonchev–Trinajstić information content (AvgIpc) is 2.92. The fourth-order valence-corrected chi connectivity index (χ4v) is 11.0. The second-order valence-electron chi connectivity index (χ2n) is 11.4. The van der Waals surface area contributed by atoms with Gasteiger partial charge in [0, 0.05) is 12.5 Å². The minimum Gasteiger partial charge on any atom is -0.469 e. The molecule has 212 valence electrons. The third-order valence-corrected chi connectivity index (χ3v) is 13.6. The smallest absolute Gasteiger partial charge is 0.305 e. The van der Waals surface area contributed by atoms with E-state index in [9.17, 15) is 4.79 Å². The predicted molar refractivity (Wildman–Crippen MR) is 168 cm³/mol. The molecule has 5 heteroatoms. The summed E-state index contributed by atoms with van der Waals surface area (Å²) in [4.78, 5) is 11.4. The minimum absolute atomic E-state index is 0.00386. The Bertz CT molecular complexity index is 843. The van der Waals surface area contributed by atoms with E-state index < -0.39 is 8.32 Å². The van der Waals surface area contributed by atoms with Gasteiger partial charge in [0.15, 0.2) is 0 Å². The van der Waals surface area contributed by atoms with Crippen LogP contribution in [0.2, 0.25) is 5.04 Å². The van der Waals surface area contributed by atoms with Gasteiger partial charge in [0.2, 0.25) is 0 Å². The van der Waals surface area contributed by atoms with E-state index in [1.54, 1.807) is 0 Å². The van der Waals surface area contributed by atoms with E-state index in [-0.39, 0.29) is 17.1 Å². The van der Waals surface area contributed by atoms with Crippen molar-refractivity contribution in [3.05, 3.63) is 60.7 Å². The van der Waals surface area contributed by atoms with Gasteiger partial charge in [-0.1, -0.05) is 127 Å². The number of methoxy groups -OCH3 is 1. The van der Waals surface area contributed by atoms with E-state index in [0.29, 0.717) is 6.42 Å². The zero-order valence-corrected chi connectivity index (χ0v) is 26.5. The first kappa shape index (κ1) is 32.6. The number of hydrogen-bond donors (Lipinski definition) is 0. The van der Waals surface area contributed by atoms with Crippen LogP contribution < -0.4 is 10.4 Å². The lowest BCUT2D eigenvalue weighted by Crippen LogP contribution is -2.67. The Morgan fingerprint density at radius 2 is 1.37 bits per heavy atom. The SMILES string of the molecule is CCCCCCCCC(CCSCCCCC(=O)OC)O[Si](c1ccccc1)(c1ccccc1)C(C)(C)C. The van der Waals surface area contributed by atoms with Crippen molar-refractivity contribution in [2.45, 2.75) is 109 Å². The normalized spacial score (nSPS) is 12.9. The van der Waals surface area contributed by atoms with Crippen LogP contribution in [0.1, 0.15) is 98.3 Å². The second kappa shape index (κ2) is 17.9. The first-order chi connectivity index (χ1) is 18.3. The fraction of sp³-hybridized carbons (Fsp3) is 0.606. The molecule has 0 radical (unpaired) electrons. The first-order valence-corrected chi connectivity index (χ1v) is 17.8. The Labute approximate surface area is 238 Å². The van der Waals surface area contributed by atoms with E-state index in [1.807, 2.05) is 11.8 Å². The van der Waals surface area contributed by atoms with Crippen molar-refractivity contribution in [2.24, 2.45) is 0 Å². The highest BCUT2D eigenvalue weighted by atomic mass is 32.2. The van der Waals surface area contributed by atoms with Gasteiger partial charge in [0.05, 0.1) is 7.11 Å². The van der Waals surface area contributed by atoms with Gasteiger partial charge in [-0.05, 0) is 52.6 Å². The average molecular weight is 557 g/mol. The highest BCUT2D eigenvalue weighted by molar-refractivity contribution is 7.99. The van der Waals surface area contributed by atoms with E-state index in [0.717, 1.165) is 37.2 Å². The van der Waals surface area contributed by atoms with Crippen molar-refractivity contribution in [3.63, 3.8) is 0 Å². The summed E-state index contributed by atoms with van der Waals surface area (Å²) in [5, 5.41) is 2.72. The number of rotatable bonds is 19. The first-order valence-electron chi connectivity index (χ1n) is 14.8. The molecule has 0 saturated heterocycles. The maximum absolute atomic E-state index is 11.4. The Balaban J connectivity index is 2.18. The molecule has 0 aliphatic carbocycles. The molecule has 1 unspecified atom stereocenters. The molecule has 0 aliphatic rings. The van der Waals surface area contributed by atoms with Crippen LogP contribution in [0, 0.1) is 0 Å². The lowest BCUT2D eigenvalue weighted by atomic mass is 10.1. The number of carbonyl (C=O) groups is 1. The van der Waals surface area contributed by atoms with Gasteiger partial charge in [-0.25, -0.2) is 0 Å². The molecule has 0 fully saturated rings. The van der Waals surface area contributed by atoms with Crippen LogP contribution >= 0.6 is 11.8 Å². The zero-order chi connectivity index (χ0) is 27.7. The van der Waals surface area contributed by atoms with Gasteiger partial charge in [0.25, 0.3) is 8.32 Å².